The number of rotatable bonds is 1. The smallest absolute Gasteiger partial charge is 0.0357 e. The zero-order valence-corrected chi connectivity index (χ0v) is 11.4. The molecule has 0 spiro atoms. The molecule has 0 N–H and O–H groups in total. The predicted octanol–water partition coefficient (Wildman–Crippen LogP) is 5.11. The van der Waals surface area contributed by atoms with Gasteiger partial charge >= 0.3 is 0 Å². The quantitative estimate of drug-likeness (QED) is 0.685. The molecule has 2 aliphatic rings. The van der Waals surface area contributed by atoms with Gasteiger partial charge in [-0.3, -0.25) is 0 Å². The first-order valence-electron chi connectivity index (χ1n) is 5.97. The van der Waals surface area contributed by atoms with Crippen molar-refractivity contribution < 1.29 is 0 Å². The number of benzene rings is 1. The fourth-order valence-corrected chi connectivity index (χ4v) is 5.33. The zero-order valence-electron chi connectivity index (χ0n) is 9.00. The zero-order chi connectivity index (χ0) is 10.8. The van der Waals surface area contributed by atoms with Gasteiger partial charge in [0, 0.05) is 19.5 Å². The molecule has 0 saturated heterocycles. The second-order valence-electron chi connectivity index (χ2n) is 5.24. The third kappa shape index (κ3) is 1.20. The lowest BCUT2D eigenvalue weighted by molar-refractivity contribution is 0.670. The van der Waals surface area contributed by atoms with E-state index in [1.165, 1.54) is 40.2 Å². The molecule has 1 heterocycles. The highest BCUT2D eigenvalue weighted by Gasteiger charge is 2.58. The minimum atomic E-state index is 0.621. The molecule has 16 heavy (non-hydrogen) atoms. The topological polar surface area (TPSA) is 0 Å². The molecule has 0 bridgehead atoms. The van der Waals surface area contributed by atoms with Crippen LogP contribution in [0.1, 0.15) is 30.6 Å². The molecule has 0 aliphatic heterocycles. The van der Waals surface area contributed by atoms with Crippen molar-refractivity contribution in [2.45, 2.75) is 31.1 Å². The van der Waals surface area contributed by atoms with Gasteiger partial charge < -0.3 is 0 Å². The SMILES string of the molecule is Brc1ccc2cc(C34CCCC3C4)sc2c1. The summed E-state index contributed by atoms with van der Waals surface area (Å²) >= 11 is 5.57. The van der Waals surface area contributed by atoms with Gasteiger partial charge in [0.2, 0.25) is 0 Å². The molecule has 2 fully saturated rings. The normalized spacial score (nSPS) is 31.9. The maximum atomic E-state index is 3.56. The summed E-state index contributed by atoms with van der Waals surface area (Å²) in [5.41, 5.74) is 0.621. The third-order valence-electron chi connectivity index (χ3n) is 4.38. The van der Waals surface area contributed by atoms with Gasteiger partial charge in [0.25, 0.3) is 0 Å². The van der Waals surface area contributed by atoms with Gasteiger partial charge in [0.15, 0.2) is 0 Å². The second kappa shape index (κ2) is 3.11. The number of fused-ring (bicyclic) bond motifs is 2. The Labute approximate surface area is 108 Å². The molecular formula is C14H13BrS. The number of hydrogen-bond donors (Lipinski definition) is 0. The van der Waals surface area contributed by atoms with Gasteiger partial charge in [-0.05, 0) is 48.8 Å². The summed E-state index contributed by atoms with van der Waals surface area (Å²) in [6, 6.07) is 9.09. The highest BCUT2D eigenvalue weighted by atomic mass is 79.9. The first kappa shape index (κ1) is 9.67. The van der Waals surface area contributed by atoms with Crippen LogP contribution in [-0.4, -0.2) is 0 Å². The van der Waals surface area contributed by atoms with E-state index in [1.807, 2.05) is 11.3 Å². The van der Waals surface area contributed by atoms with Crippen LogP contribution in [0, 0.1) is 5.92 Å². The van der Waals surface area contributed by atoms with E-state index in [2.05, 4.69) is 40.2 Å². The van der Waals surface area contributed by atoms with Crippen molar-refractivity contribution in [3.05, 3.63) is 33.6 Å². The van der Waals surface area contributed by atoms with Crippen LogP contribution in [0.15, 0.2) is 28.7 Å². The van der Waals surface area contributed by atoms with Gasteiger partial charge in [0.05, 0.1) is 0 Å². The molecule has 2 atom stereocenters. The number of hydrogen-bond acceptors (Lipinski definition) is 1. The molecule has 2 heteroatoms. The van der Waals surface area contributed by atoms with E-state index >= 15 is 0 Å². The standard InChI is InChI=1S/C14H13BrS/c15-11-4-3-9-6-13(16-12(9)7-11)14-5-1-2-10(14)8-14/h3-4,6-7,10H,1-2,5,8H2. The van der Waals surface area contributed by atoms with E-state index in [9.17, 15) is 0 Å². The fourth-order valence-electron chi connectivity index (χ4n) is 3.40. The molecular weight excluding hydrogens is 280 g/mol. The molecule has 2 aliphatic carbocycles. The highest BCUT2D eigenvalue weighted by Crippen LogP contribution is 2.65. The molecule has 0 amide bonds. The fraction of sp³-hybridized carbons (Fsp3) is 0.429. The Balaban J connectivity index is 1.87. The molecule has 2 saturated carbocycles. The highest BCUT2D eigenvalue weighted by molar-refractivity contribution is 9.10. The first-order chi connectivity index (χ1) is 7.78. The lowest BCUT2D eigenvalue weighted by Gasteiger charge is -2.07. The second-order valence-corrected chi connectivity index (χ2v) is 7.24. The number of thiophene rings is 1. The lowest BCUT2D eigenvalue weighted by Crippen LogP contribution is -2.01. The Morgan fingerprint density at radius 2 is 2.25 bits per heavy atom. The van der Waals surface area contributed by atoms with Crippen molar-refractivity contribution in [3.63, 3.8) is 0 Å². The van der Waals surface area contributed by atoms with E-state index in [1.54, 1.807) is 4.88 Å². The van der Waals surface area contributed by atoms with Crippen LogP contribution in [0.25, 0.3) is 10.1 Å². The molecule has 4 rings (SSSR count). The van der Waals surface area contributed by atoms with Gasteiger partial charge in [0.1, 0.15) is 0 Å². The third-order valence-corrected chi connectivity index (χ3v) is 6.19. The van der Waals surface area contributed by atoms with Crippen molar-refractivity contribution in [1.82, 2.24) is 0 Å². The van der Waals surface area contributed by atoms with Crippen LogP contribution in [0.3, 0.4) is 0 Å². The van der Waals surface area contributed by atoms with Crippen molar-refractivity contribution in [3.8, 4) is 0 Å². The Morgan fingerprint density at radius 1 is 1.31 bits per heavy atom. The maximum Gasteiger partial charge on any atom is 0.0357 e. The van der Waals surface area contributed by atoms with Crippen molar-refractivity contribution >= 4 is 37.4 Å². The average molecular weight is 293 g/mol. The van der Waals surface area contributed by atoms with Crippen molar-refractivity contribution in [2.24, 2.45) is 5.92 Å². The Hall–Kier alpha value is -0.340. The monoisotopic (exact) mass is 292 g/mol. The van der Waals surface area contributed by atoms with Crippen LogP contribution in [0.2, 0.25) is 0 Å². The predicted molar refractivity (Wildman–Crippen MR) is 73.2 cm³/mol. The van der Waals surface area contributed by atoms with Crippen molar-refractivity contribution in [2.75, 3.05) is 0 Å². The average Bonchev–Trinajstić information content (AvgIpc) is 2.69. The molecule has 0 radical (unpaired) electrons. The largest absolute Gasteiger partial charge is 0.140 e. The Morgan fingerprint density at radius 3 is 3.00 bits per heavy atom. The van der Waals surface area contributed by atoms with Gasteiger partial charge in [-0.25, -0.2) is 0 Å². The summed E-state index contributed by atoms with van der Waals surface area (Å²) in [5.74, 6) is 1.02. The summed E-state index contributed by atoms with van der Waals surface area (Å²) in [4.78, 5) is 1.66. The molecule has 2 unspecified atom stereocenters. The van der Waals surface area contributed by atoms with E-state index in [0.29, 0.717) is 5.41 Å². The summed E-state index contributed by atoms with van der Waals surface area (Å²) < 4.78 is 2.64. The minimum absolute atomic E-state index is 0.621. The van der Waals surface area contributed by atoms with Crippen molar-refractivity contribution in [1.29, 1.82) is 0 Å². The Kier molecular flexibility index (Phi) is 1.88. The van der Waals surface area contributed by atoms with Gasteiger partial charge in [-0.15, -0.1) is 11.3 Å². The number of halogens is 1. The van der Waals surface area contributed by atoms with Crippen LogP contribution in [-0.2, 0) is 5.41 Å². The van der Waals surface area contributed by atoms with Gasteiger partial charge in [-0.2, -0.15) is 0 Å². The molecule has 2 aromatic rings. The summed E-state index contributed by atoms with van der Waals surface area (Å²) in [7, 11) is 0. The van der Waals surface area contributed by atoms with E-state index in [4.69, 9.17) is 0 Å². The van der Waals surface area contributed by atoms with Crippen LogP contribution in [0.4, 0.5) is 0 Å². The molecule has 1 aromatic carbocycles. The summed E-state index contributed by atoms with van der Waals surface area (Å²) in [6.45, 7) is 0. The summed E-state index contributed by atoms with van der Waals surface area (Å²) in [6.07, 6.45) is 5.81. The van der Waals surface area contributed by atoms with Gasteiger partial charge in [-0.1, -0.05) is 28.4 Å². The molecule has 82 valence electrons. The van der Waals surface area contributed by atoms with Crippen LogP contribution in [0.5, 0.6) is 0 Å². The first-order valence-corrected chi connectivity index (χ1v) is 7.58. The van der Waals surface area contributed by atoms with E-state index < -0.39 is 0 Å². The van der Waals surface area contributed by atoms with E-state index in [0.717, 1.165) is 5.92 Å². The van der Waals surface area contributed by atoms with E-state index in [-0.39, 0.29) is 0 Å². The molecule has 1 aromatic heterocycles. The lowest BCUT2D eigenvalue weighted by atomic mass is 10.0. The Bertz CT molecular complexity index is 571. The maximum absolute atomic E-state index is 3.56. The van der Waals surface area contributed by atoms with Crippen LogP contribution >= 0.6 is 27.3 Å². The summed E-state index contributed by atoms with van der Waals surface area (Å²) in [5, 5.41) is 1.43. The molecule has 0 nitrogen and oxygen atoms in total. The minimum Gasteiger partial charge on any atom is -0.140 e. The van der Waals surface area contributed by atoms with Crippen LogP contribution < -0.4 is 0 Å².